The van der Waals surface area contributed by atoms with Gasteiger partial charge in [0.15, 0.2) is 17.2 Å². The van der Waals surface area contributed by atoms with Gasteiger partial charge in [-0.15, -0.1) is 0 Å². The number of hydrogen-bond donors (Lipinski definition) is 0. The van der Waals surface area contributed by atoms with Crippen molar-refractivity contribution in [3.05, 3.63) is 107 Å². The van der Waals surface area contributed by atoms with Crippen LogP contribution in [0.4, 0.5) is 11.4 Å². The maximum atomic E-state index is 12.4. The molecule has 0 fully saturated rings. The predicted molar refractivity (Wildman–Crippen MR) is 134 cm³/mol. The molecule has 3 aromatic rings. The number of benzene rings is 3. The van der Waals surface area contributed by atoms with Crippen molar-refractivity contribution in [1.29, 1.82) is 0 Å². The van der Waals surface area contributed by atoms with Crippen LogP contribution in [0.1, 0.15) is 16.7 Å². The van der Waals surface area contributed by atoms with Crippen molar-refractivity contribution in [2.75, 3.05) is 7.11 Å². The molecule has 1 heterocycles. The summed E-state index contributed by atoms with van der Waals surface area (Å²) in [5.41, 5.74) is 1.04. The van der Waals surface area contributed by atoms with Crippen LogP contribution < -0.4 is 9.47 Å². The van der Waals surface area contributed by atoms with Gasteiger partial charge in [0, 0.05) is 24.3 Å². The van der Waals surface area contributed by atoms with Crippen molar-refractivity contribution in [3.8, 4) is 11.5 Å². The van der Waals surface area contributed by atoms with Gasteiger partial charge in [0.1, 0.15) is 6.61 Å². The van der Waals surface area contributed by atoms with E-state index in [0.717, 1.165) is 6.07 Å². The number of halogens is 2. The number of esters is 1. The zero-order chi connectivity index (χ0) is 26.7. The molecule has 0 aliphatic carbocycles. The fraction of sp³-hybridized carbons (Fsp3) is 0.0833. The highest BCUT2D eigenvalue weighted by Crippen LogP contribution is 2.38. The molecule has 0 atom stereocenters. The Labute approximate surface area is 218 Å². The molecule has 0 aromatic heterocycles. The molecule has 0 saturated carbocycles. The summed E-state index contributed by atoms with van der Waals surface area (Å²) >= 11 is 12.5. The Hall–Kier alpha value is -4.48. The van der Waals surface area contributed by atoms with Crippen molar-refractivity contribution < 1.29 is 28.9 Å². The Morgan fingerprint density at radius 1 is 0.973 bits per heavy atom. The minimum absolute atomic E-state index is 0.00114. The van der Waals surface area contributed by atoms with E-state index in [1.54, 1.807) is 18.2 Å². The second kappa shape index (κ2) is 10.6. The number of nitro groups is 2. The lowest BCUT2D eigenvalue weighted by atomic mass is 10.1. The molecule has 3 aromatic carbocycles. The molecule has 1 aliphatic rings. The molecule has 0 N–H and O–H groups in total. The molecule has 188 valence electrons. The largest absolute Gasteiger partial charge is 0.493 e. The van der Waals surface area contributed by atoms with Crippen LogP contribution in [-0.2, 0) is 16.1 Å². The Morgan fingerprint density at radius 3 is 2.27 bits per heavy atom. The van der Waals surface area contributed by atoms with E-state index in [-0.39, 0.29) is 56.7 Å². The minimum atomic E-state index is -0.752. The van der Waals surface area contributed by atoms with E-state index in [1.807, 2.05) is 0 Å². The van der Waals surface area contributed by atoms with Crippen molar-refractivity contribution in [2.24, 2.45) is 4.99 Å². The average Bonchev–Trinajstić information content (AvgIpc) is 3.22. The smallest absolute Gasteiger partial charge is 0.363 e. The van der Waals surface area contributed by atoms with Gasteiger partial charge in [-0.05, 0) is 47.5 Å². The average molecular weight is 544 g/mol. The van der Waals surface area contributed by atoms with E-state index in [1.165, 1.54) is 43.5 Å². The molecule has 0 radical (unpaired) electrons. The monoisotopic (exact) mass is 543 g/mol. The summed E-state index contributed by atoms with van der Waals surface area (Å²) in [6, 6.07) is 12.7. The molecule has 0 bridgehead atoms. The first kappa shape index (κ1) is 25.6. The van der Waals surface area contributed by atoms with Crippen LogP contribution in [0.15, 0.2) is 65.3 Å². The van der Waals surface area contributed by atoms with E-state index < -0.39 is 15.8 Å². The summed E-state index contributed by atoms with van der Waals surface area (Å²) in [6.45, 7) is 0.0739. The highest BCUT2D eigenvalue weighted by Gasteiger charge is 2.27. The maximum absolute atomic E-state index is 12.4. The molecular weight excluding hydrogens is 529 g/mol. The summed E-state index contributed by atoms with van der Waals surface area (Å²) in [7, 11) is 1.41. The standard InChI is InChI=1S/C24H15Cl2N3O8/c1-35-21-10-14(8-19(26)22(21)36-12-13-2-4-15(5-3-13)28(31)32)9-20-24(30)37-23(27-20)17-7-6-16(29(33)34)11-18(17)25/h2-11H,12H2,1H3/b20-9-. The van der Waals surface area contributed by atoms with Gasteiger partial charge in [-0.1, -0.05) is 23.2 Å². The zero-order valence-electron chi connectivity index (χ0n) is 18.8. The molecule has 0 amide bonds. The van der Waals surface area contributed by atoms with Gasteiger partial charge in [-0.2, -0.15) is 0 Å². The summed E-state index contributed by atoms with van der Waals surface area (Å²) in [5.74, 6) is -0.342. The summed E-state index contributed by atoms with van der Waals surface area (Å²) in [6.07, 6.45) is 1.42. The number of non-ortho nitro benzene ring substituents is 2. The zero-order valence-corrected chi connectivity index (χ0v) is 20.4. The van der Waals surface area contributed by atoms with Gasteiger partial charge in [0.05, 0.1) is 32.6 Å². The number of ether oxygens (including phenoxy) is 3. The number of nitrogens with zero attached hydrogens (tertiary/aromatic N) is 3. The minimum Gasteiger partial charge on any atom is -0.493 e. The summed E-state index contributed by atoms with van der Waals surface area (Å²) < 4.78 is 16.3. The first-order valence-corrected chi connectivity index (χ1v) is 11.1. The highest BCUT2D eigenvalue weighted by atomic mass is 35.5. The Kier molecular flexibility index (Phi) is 7.37. The quantitative estimate of drug-likeness (QED) is 0.151. The third-order valence-electron chi connectivity index (χ3n) is 5.10. The molecular formula is C24H15Cl2N3O8. The van der Waals surface area contributed by atoms with Crippen LogP contribution in [0.3, 0.4) is 0 Å². The molecule has 0 spiro atoms. The van der Waals surface area contributed by atoms with Crippen LogP contribution in [0.5, 0.6) is 11.5 Å². The fourth-order valence-corrected chi connectivity index (χ4v) is 3.84. The SMILES string of the molecule is COc1cc(/C=C2\N=C(c3ccc([N+](=O)[O-])cc3Cl)OC2=O)cc(Cl)c1OCc1ccc([N+](=O)[O-])cc1. The van der Waals surface area contributed by atoms with Crippen LogP contribution in [0.25, 0.3) is 6.08 Å². The molecule has 37 heavy (non-hydrogen) atoms. The molecule has 11 nitrogen and oxygen atoms in total. The first-order chi connectivity index (χ1) is 17.7. The lowest BCUT2D eigenvalue weighted by Gasteiger charge is -2.13. The summed E-state index contributed by atoms with van der Waals surface area (Å²) in [5, 5.41) is 21.9. The van der Waals surface area contributed by atoms with Crippen LogP contribution in [0.2, 0.25) is 10.0 Å². The third kappa shape index (κ3) is 5.68. The fourth-order valence-electron chi connectivity index (χ4n) is 3.31. The van der Waals surface area contributed by atoms with Crippen molar-refractivity contribution in [1.82, 2.24) is 0 Å². The van der Waals surface area contributed by atoms with Gasteiger partial charge >= 0.3 is 5.97 Å². The molecule has 4 rings (SSSR count). The first-order valence-electron chi connectivity index (χ1n) is 10.4. The lowest BCUT2D eigenvalue weighted by molar-refractivity contribution is -0.385. The Bertz CT molecular complexity index is 1490. The highest BCUT2D eigenvalue weighted by molar-refractivity contribution is 6.35. The molecule has 0 saturated heterocycles. The topological polar surface area (TPSA) is 143 Å². The maximum Gasteiger partial charge on any atom is 0.363 e. The van der Waals surface area contributed by atoms with E-state index in [4.69, 9.17) is 37.4 Å². The Balaban J connectivity index is 1.57. The second-order valence-corrected chi connectivity index (χ2v) is 8.32. The number of hydrogen-bond acceptors (Lipinski definition) is 9. The number of carbonyl (C=O) groups is 1. The number of methoxy groups -OCH3 is 1. The second-order valence-electron chi connectivity index (χ2n) is 7.50. The van der Waals surface area contributed by atoms with Crippen LogP contribution in [0, 0.1) is 20.2 Å². The lowest BCUT2D eigenvalue weighted by Crippen LogP contribution is -2.06. The van der Waals surface area contributed by atoms with E-state index in [2.05, 4.69) is 4.99 Å². The van der Waals surface area contributed by atoms with Gasteiger partial charge in [0.25, 0.3) is 11.4 Å². The van der Waals surface area contributed by atoms with E-state index in [0.29, 0.717) is 11.1 Å². The number of rotatable bonds is 8. The Morgan fingerprint density at radius 2 is 1.65 bits per heavy atom. The van der Waals surface area contributed by atoms with E-state index in [9.17, 15) is 25.0 Å². The van der Waals surface area contributed by atoms with Gasteiger partial charge in [-0.3, -0.25) is 20.2 Å². The van der Waals surface area contributed by atoms with Gasteiger partial charge in [0.2, 0.25) is 5.90 Å². The van der Waals surface area contributed by atoms with Crippen molar-refractivity contribution in [3.63, 3.8) is 0 Å². The van der Waals surface area contributed by atoms with Crippen LogP contribution in [-0.4, -0.2) is 28.8 Å². The van der Waals surface area contributed by atoms with Crippen molar-refractivity contribution >= 4 is 52.5 Å². The van der Waals surface area contributed by atoms with Crippen molar-refractivity contribution in [2.45, 2.75) is 6.61 Å². The number of carbonyl (C=O) groups excluding carboxylic acids is 1. The summed E-state index contributed by atoms with van der Waals surface area (Å²) in [4.78, 5) is 37.2. The van der Waals surface area contributed by atoms with Gasteiger partial charge in [-0.25, -0.2) is 9.79 Å². The van der Waals surface area contributed by atoms with Gasteiger partial charge < -0.3 is 14.2 Å². The normalized spacial score (nSPS) is 13.8. The predicted octanol–water partition coefficient (Wildman–Crippen LogP) is 5.74. The molecule has 13 heteroatoms. The number of nitro benzene ring substituents is 2. The third-order valence-corrected chi connectivity index (χ3v) is 5.69. The number of aliphatic imine (C=N–C) groups is 1. The molecule has 1 aliphatic heterocycles. The van der Waals surface area contributed by atoms with Crippen LogP contribution >= 0.6 is 23.2 Å². The number of cyclic esters (lactones) is 1. The molecule has 0 unspecified atom stereocenters. The van der Waals surface area contributed by atoms with E-state index >= 15 is 0 Å².